The van der Waals surface area contributed by atoms with Gasteiger partial charge in [-0.25, -0.2) is 9.79 Å². The van der Waals surface area contributed by atoms with Crippen molar-refractivity contribution in [1.29, 1.82) is 0 Å². The standard InChI is InChI=1S/C32H27Cl2N3O6S2/c1-4-9-42-31(41)27-16(15-45-30-26(29(40)37(27)30)36-23(38)12-18-6-5-10-44-18)14-43-17-7-8-21-19(11-17)32(2,3)24-22(35-21)13-20(33)28(39)25(24)34/h4-8,10-11,13,26,30H,1,9,12,14-15H2,2-3H3,(H,36,38)/t26-,30+/m1/s1. The Morgan fingerprint density at radius 2 is 2.04 bits per heavy atom. The van der Waals surface area contributed by atoms with Crippen LogP contribution in [0, 0.1) is 0 Å². The zero-order valence-corrected chi connectivity index (χ0v) is 27.4. The molecule has 0 radical (unpaired) electrons. The molecule has 1 aromatic heterocycles. The smallest absolute Gasteiger partial charge is 0.355 e. The summed E-state index contributed by atoms with van der Waals surface area (Å²) in [6.07, 6.45) is 3.16. The molecule has 4 aliphatic rings. The number of nitrogens with one attached hydrogen (secondary N) is 1. The Labute approximate surface area is 277 Å². The number of thioether (sulfide) groups is 1. The van der Waals surface area contributed by atoms with Crippen LogP contribution in [-0.4, -0.2) is 64.6 Å². The number of esters is 1. The van der Waals surface area contributed by atoms with Gasteiger partial charge in [0.2, 0.25) is 11.7 Å². The van der Waals surface area contributed by atoms with E-state index >= 15 is 0 Å². The van der Waals surface area contributed by atoms with Crippen molar-refractivity contribution >= 4 is 81.3 Å². The topological polar surface area (TPSA) is 114 Å². The maximum absolute atomic E-state index is 13.3. The Hall–Kier alpha value is -3.64. The molecule has 1 saturated heterocycles. The number of Topliss-reactive ketones (excluding diaryl/α,β-unsaturated/α-hetero) is 1. The molecule has 0 saturated carbocycles. The number of carbonyl (C=O) groups is 4. The van der Waals surface area contributed by atoms with Crippen LogP contribution < -0.4 is 10.1 Å². The van der Waals surface area contributed by atoms with E-state index in [1.807, 2.05) is 43.5 Å². The van der Waals surface area contributed by atoms with Crippen molar-refractivity contribution in [3.8, 4) is 5.75 Å². The highest BCUT2D eigenvalue weighted by molar-refractivity contribution is 8.00. The number of ether oxygens (including phenoxy) is 2. The number of ketones is 1. The number of rotatable bonds is 9. The number of hydrogen-bond donors (Lipinski definition) is 1. The number of amides is 2. The van der Waals surface area contributed by atoms with Crippen LogP contribution in [0.5, 0.6) is 5.75 Å². The summed E-state index contributed by atoms with van der Waals surface area (Å²) in [5.74, 6) is -0.881. The zero-order valence-electron chi connectivity index (χ0n) is 24.2. The van der Waals surface area contributed by atoms with Crippen molar-refractivity contribution in [2.24, 2.45) is 4.99 Å². The lowest BCUT2D eigenvalue weighted by Gasteiger charge is -2.49. The van der Waals surface area contributed by atoms with Gasteiger partial charge in [0.15, 0.2) is 0 Å². The maximum atomic E-state index is 13.3. The fourth-order valence-electron chi connectivity index (χ4n) is 5.69. The van der Waals surface area contributed by atoms with Gasteiger partial charge >= 0.3 is 5.97 Å². The summed E-state index contributed by atoms with van der Waals surface area (Å²) in [6.45, 7) is 7.47. The van der Waals surface area contributed by atoms with Gasteiger partial charge in [0.05, 0.1) is 27.9 Å². The molecule has 1 aromatic carbocycles. The summed E-state index contributed by atoms with van der Waals surface area (Å²) < 4.78 is 11.5. The number of nitrogens with zero attached hydrogens (tertiary/aromatic N) is 2. The largest absolute Gasteiger partial charge is 0.489 e. The third kappa shape index (κ3) is 5.67. The van der Waals surface area contributed by atoms with E-state index in [2.05, 4.69) is 16.9 Å². The quantitative estimate of drug-likeness (QED) is 0.165. The highest BCUT2D eigenvalue weighted by Crippen LogP contribution is 2.48. The minimum absolute atomic E-state index is 0.00540. The van der Waals surface area contributed by atoms with Gasteiger partial charge in [-0.1, -0.05) is 55.8 Å². The maximum Gasteiger partial charge on any atom is 0.355 e. The number of thiophene rings is 1. The number of carbonyl (C=O) groups excluding carboxylic acids is 4. The third-order valence-corrected chi connectivity index (χ3v) is 10.7. The average molecular weight is 685 g/mol. The number of fused-ring (bicyclic) bond motifs is 3. The summed E-state index contributed by atoms with van der Waals surface area (Å²) in [6, 6.07) is 8.38. The summed E-state index contributed by atoms with van der Waals surface area (Å²) in [4.78, 5) is 58.6. The summed E-state index contributed by atoms with van der Waals surface area (Å²) in [5, 5.41) is 4.31. The third-order valence-electron chi connectivity index (χ3n) is 7.88. The molecule has 0 unspecified atom stereocenters. The predicted molar refractivity (Wildman–Crippen MR) is 175 cm³/mol. The first-order chi connectivity index (χ1) is 21.5. The van der Waals surface area contributed by atoms with Crippen molar-refractivity contribution in [2.75, 3.05) is 19.0 Å². The SMILES string of the molecule is C=CCOC(=O)C1=C(COc2ccc3c(c2)C(C)(C)C2=C(Cl)C(=O)C(Cl)=CC2=N3)CS[C@H]2[C@H](NC(=O)Cc3cccs3)C(=O)N12. The molecule has 13 heteroatoms. The van der Waals surface area contributed by atoms with Crippen LogP contribution in [0.3, 0.4) is 0 Å². The number of β-lactam (4-membered cyclic amide) rings is 1. The van der Waals surface area contributed by atoms with Crippen LogP contribution in [0.15, 0.2) is 86.3 Å². The van der Waals surface area contributed by atoms with E-state index in [9.17, 15) is 19.2 Å². The van der Waals surface area contributed by atoms with Crippen LogP contribution in [0.4, 0.5) is 5.69 Å². The van der Waals surface area contributed by atoms with Crippen molar-refractivity contribution in [3.63, 3.8) is 0 Å². The number of allylic oxidation sites excluding steroid dienone is 4. The molecule has 45 heavy (non-hydrogen) atoms. The van der Waals surface area contributed by atoms with Crippen LogP contribution >= 0.6 is 46.3 Å². The Balaban J connectivity index is 1.23. The molecular weight excluding hydrogens is 657 g/mol. The van der Waals surface area contributed by atoms with Gasteiger partial charge < -0.3 is 14.8 Å². The second kappa shape index (κ2) is 12.3. The van der Waals surface area contributed by atoms with Gasteiger partial charge in [-0.3, -0.25) is 19.3 Å². The number of hydrogen-bond acceptors (Lipinski definition) is 9. The first-order valence-electron chi connectivity index (χ1n) is 14.0. The van der Waals surface area contributed by atoms with Gasteiger partial charge in [0.1, 0.15) is 36.1 Å². The van der Waals surface area contributed by atoms with E-state index in [1.165, 1.54) is 40.2 Å². The van der Waals surface area contributed by atoms with Gasteiger partial charge in [-0.2, -0.15) is 0 Å². The molecule has 2 atom stereocenters. The molecule has 1 fully saturated rings. The summed E-state index contributed by atoms with van der Waals surface area (Å²) >= 11 is 15.5. The van der Waals surface area contributed by atoms with Crippen molar-refractivity contribution in [2.45, 2.75) is 37.1 Å². The molecule has 2 amide bonds. The van der Waals surface area contributed by atoms with Crippen molar-refractivity contribution < 1.29 is 28.7 Å². The molecule has 4 heterocycles. The molecule has 0 bridgehead atoms. The van der Waals surface area contributed by atoms with E-state index in [1.54, 1.807) is 6.07 Å². The van der Waals surface area contributed by atoms with Crippen LogP contribution in [0.2, 0.25) is 0 Å². The first-order valence-corrected chi connectivity index (χ1v) is 16.6. The van der Waals surface area contributed by atoms with Gasteiger partial charge in [0.25, 0.3) is 5.91 Å². The molecule has 2 aromatic rings. The fraction of sp³-hybridized carbons (Fsp3) is 0.281. The van der Waals surface area contributed by atoms with E-state index in [0.29, 0.717) is 34.0 Å². The lowest BCUT2D eigenvalue weighted by atomic mass is 9.71. The molecule has 232 valence electrons. The molecule has 0 spiro atoms. The highest BCUT2D eigenvalue weighted by Gasteiger charge is 2.54. The molecule has 9 nitrogen and oxygen atoms in total. The van der Waals surface area contributed by atoms with Crippen LogP contribution in [0.1, 0.15) is 24.3 Å². The van der Waals surface area contributed by atoms with E-state index in [4.69, 9.17) is 32.7 Å². The second-order valence-electron chi connectivity index (χ2n) is 11.2. The number of aliphatic imine (C=N–C) groups is 1. The zero-order chi connectivity index (χ0) is 32.0. The molecule has 1 aliphatic carbocycles. The lowest BCUT2D eigenvalue weighted by Crippen LogP contribution is -2.70. The Kier molecular flexibility index (Phi) is 8.55. The first kappa shape index (κ1) is 31.3. The van der Waals surface area contributed by atoms with Gasteiger partial charge in [0, 0.05) is 27.2 Å². The fourth-order valence-corrected chi connectivity index (χ4v) is 8.40. The van der Waals surface area contributed by atoms with Crippen LogP contribution in [0.25, 0.3) is 0 Å². The molecule has 1 N–H and O–H groups in total. The minimum Gasteiger partial charge on any atom is -0.489 e. The lowest BCUT2D eigenvalue weighted by molar-refractivity contribution is -0.152. The number of benzene rings is 1. The van der Waals surface area contributed by atoms with Crippen molar-refractivity contribution in [3.05, 3.63) is 91.8 Å². The Morgan fingerprint density at radius 1 is 1.24 bits per heavy atom. The highest BCUT2D eigenvalue weighted by atomic mass is 35.5. The van der Waals surface area contributed by atoms with Gasteiger partial charge in [-0.05, 0) is 41.3 Å². The Bertz CT molecular complexity index is 1780. The van der Waals surface area contributed by atoms with Crippen LogP contribution in [-0.2, 0) is 35.8 Å². The normalized spacial score (nSPS) is 21.6. The summed E-state index contributed by atoms with van der Waals surface area (Å²) in [7, 11) is 0. The van der Waals surface area contributed by atoms with E-state index in [-0.39, 0.29) is 47.2 Å². The molecule has 6 rings (SSSR count). The van der Waals surface area contributed by atoms with Crippen molar-refractivity contribution in [1.82, 2.24) is 10.2 Å². The van der Waals surface area contributed by atoms with Gasteiger partial charge in [-0.15, -0.1) is 23.1 Å². The van der Waals surface area contributed by atoms with E-state index in [0.717, 1.165) is 10.4 Å². The number of halogens is 2. The molecule has 3 aliphatic heterocycles. The second-order valence-corrected chi connectivity index (χ2v) is 14.1. The van der Waals surface area contributed by atoms with E-state index < -0.39 is 28.6 Å². The predicted octanol–water partition coefficient (Wildman–Crippen LogP) is 5.31. The summed E-state index contributed by atoms with van der Waals surface area (Å²) in [5.41, 5.74) is 2.61. The minimum atomic E-state index is -0.752. The average Bonchev–Trinajstić information content (AvgIpc) is 3.52. The molecular formula is C32H27Cl2N3O6S2. The Morgan fingerprint density at radius 3 is 2.78 bits per heavy atom. The monoisotopic (exact) mass is 683 g/mol.